The molecule has 0 amide bonds. The lowest BCUT2D eigenvalue weighted by molar-refractivity contribution is 0.325. The minimum Gasteiger partial charge on any atom is -0.302 e. The van der Waals surface area contributed by atoms with E-state index in [-0.39, 0.29) is 0 Å². The summed E-state index contributed by atoms with van der Waals surface area (Å²) in [6.07, 6.45) is 7.89. The molecule has 1 saturated heterocycles. The van der Waals surface area contributed by atoms with Crippen molar-refractivity contribution in [3.8, 4) is 0 Å². The van der Waals surface area contributed by atoms with E-state index in [2.05, 4.69) is 22.0 Å². The van der Waals surface area contributed by atoms with Crippen LogP contribution in [0, 0.1) is 5.92 Å². The highest BCUT2D eigenvalue weighted by molar-refractivity contribution is 8.00. The topological polar surface area (TPSA) is 16.1 Å². The summed E-state index contributed by atoms with van der Waals surface area (Å²) in [5.74, 6) is 0.991. The van der Waals surface area contributed by atoms with Gasteiger partial charge in [0.1, 0.15) is 0 Å². The summed E-state index contributed by atoms with van der Waals surface area (Å²) in [6.45, 7) is 3.78. The maximum Gasteiger partial charge on any atom is 0.0548 e. The fourth-order valence-corrected chi connectivity index (χ4v) is 4.62. The number of likely N-dealkylation sites (tertiary alicyclic amines) is 1. The molecule has 0 unspecified atom stereocenters. The molecule has 0 bridgehead atoms. The molecule has 2 nitrogen and oxygen atoms in total. The van der Waals surface area contributed by atoms with Crippen molar-refractivity contribution in [2.45, 2.75) is 29.4 Å². The van der Waals surface area contributed by atoms with E-state index in [1.165, 1.54) is 49.2 Å². The molecule has 110 valence electrons. The molecule has 4 rings (SSSR count). The fraction of sp³-hybridized carbons (Fsp3) is 0.471. The number of rotatable bonds is 4. The van der Waals surface area contributed by atoms with Gasteiger partial charge in [0, 0.05) is 41.0 Å². The summed E-state index contributed by atoms with van der Waals surface area (Å²) >= 11 is 8.40. The van der Waals surface area contributed by atoms with Crippen LogP contribution < -0.4 is 0 Å². The molecule has 0 spiro atoms. The van der Waals surface area contributed by atoms with E-state index in [0.29, 0.717) is 5.25 Å². The molecule has 0 radical (unpaired) electrons. The minimum atomic E-state index is 0.681. The third-order valence-electron chi connectivity index (χ3n) is 4.43. The molecule has 2 aliphatic rings. The summed E-state index contributed by atoms with van der Waals surface area (Å²) < 4.78 is 0. The second-order valence-electron chi connectivity index (χ2n) is 6.24. The summed E-state index contributed by atoms with van der Waals surface area (Å²) in [6, 6.07) is 6.32. The van der Waals surface area contributed by atoms with Gasteiger partial charge in [-0.1, -0.05) is 11.6 Å². The zero-order chi connectivity index (χ0) is 14.2. The molecule has 2 heterocycles. The van der Waals surface area contributed by atoms with Gasteiger partial charge in [-0.25, -0.2) is 0 Å². The smallest absolute Gasteiger partial charge is 0.0548 e. The molecule has 2 aromatic rings. The van der Waals surface area contributed by atoms with Crippen molar-refractivity contribution in [2.24, 2.45) is 5.92 Å². The van der Waals surface area contributed by atoms with Crippen LogP contribution in [0.2, 0.25) is 5.02 Å². The van der Waals surface area contributed by atoms with Crippen molar-refractivity contribution in [1.82, 2.24) is 9.88 Å². The van der Waals surface area contributed by atoms with E-state index in [1.807, 2.05) is 30.2 Å². The van der Waals surface area contributed by atoms with Crippen molar-refractivity contribution in [2.75, 3.05) is 19.6 Å². The lowest BCUT2D eigenvalue weighted by Gasteiger charge is -2.15. The van der Waals surface area contributed by atoms with E-state index in [4.69, 9.17) is 11.6 Å². The van der Waals surface area contributed by atoms with Crippen molar-refractivity contribution >= 4 is 34.1 Å². The van der Waals surface area contributed by atoms with E-state index in [9.17, 15) is 0 Å². The van der Waals surface area contributed by atoms with E-state index >= 15 is 0 Å². The largest absolute Gasteiger partial charge is 0.302 e. The number of benzene rings is 1. The van der Waals surface area contributed by atoms with Gasteiger partial charge in [-0.05, 0) is 55.3 Å². The predicted molar refractivity (Wildman–Crippen MR) is 90.2 cm³/mol. The molecule has 1 aromatic heterocycles. The van der Waals surface area contributed by atoms with Crippen molar-refractivity contribution in [1.29, 1.82) is 0 Å². The Kier molecular flexibility index (Phi) is 3.82. The average Bonchev–Trinajstić information content (AvgIpc) is 3.18. The third-order valence-corrected chi connectivity index (χ3v) is 6.16. The molecule has 1 saturated carbocycles. The summed E-state index contributed by atoms with van der Waals surface area (Å²) in [7, 11) is 0. The summed E-state index contributed by atoms with van der Waals surface area (Å²) in [5.41, 5.74) is 0. The lowest BCUT2D eigenvalue weighted by atomic mass is 10.2. The zero-order valence-corrected chi connectivity index (χ0v) is 13.5. The van der Waals surface area contributed by atoms with Crippen molar-refractivity contribution in [3.05, 3.63) is 35.6 Å². The lowest BCUT2D eigenvalue weighted by Crippen LogP contribution is -2.23. The number of halogens is 1. The van der Waals surface area contributed by atoms with Gasteiger partial charge in [-0.15, -0.1) is 11.8 Å². The number of hydrogen-bond donors (Lipinski definition) is 0. The first kappa shape index (κ1) is 13.9. The van der Waals surface area contributed by atoms with Crippen LogP contribution >= 0.6 is 23.4 Å². The molecule has 1 atom stereocenters. The van der Waals surface area contributed by atoms with Crippen LogP contribution in [0.5, 0.6) is 0 Å². The second kappa shape index (κ2) is 5.79. The molecule has 2 fully saturated rings. The van der Waals surface area contributed by atoms with Gasteiger partial charge in [0.15, 0.2) is 0 Å². The van der Waals surface area contributed by atoms with Gasteiger partial charge in [0.05, 0.1) is 5.02 Å². The van der Waals surface area contributed by atoms with Crippen LogP contribution in [-0.2, 0) is 0 Å². The van der Waals surface area contributed by atoms with Gasteiger partial charge < -0.3 is 4.90 Å². The Balaban J connectivity index is 1.47. The van der Waals surface area contributed by atoms with E-state index in [0.717, 1.165) is 16.3 Å². The Bertz CT molecular complexity index is 656. The van der Waals surface area contributed by atoms with Crippen LogP contribution in [0.4, 0.5) is 0 Å². The van der Waals surface area contributed by atoms with Gasteiger partial charge in [0.25, 0.3) is 0 Å². The second-order valence-corrected chi connectivity index (χ2v) is 7.99. The highest BCUT2D eigenvalue weighted by Gasteiger charge is 2.29. The first-order valence-corrected chi connectivity index (χ1v) is 8.96. The Labute approximate surface area is 134 Å². The van der Waals surface area contributed by atoms with Gasteiger partial charge in [0.2, 0.25) is 0 Å². The number of nitrogens with zero attached hydrogens (tertiary/aromatic N) is 2. The van der Waals surface area contributed by atoms with Crippen LogP contribution in [0.3, 0.4) is 0 Å². The first-order valence-electron chi connectivity index (χ1n) is 7.70. The fourth-order valence-electron chi connectivity index (χ4n) is 3.08. The van der Waals surface area contributed by atoms with Gasteiger partial charge in [-0.3, -0.25) is 4.98 Å². The summed E-state index contributed by atoms with van der Waals surface area (Å²) in [5, 5.41) is 3.89. The highest BCUT2D eigenvalue weighted by atomic mass is 35.5. The molecular formula is C17H19ClN2S. The normalized spacial score (nSPS) is 23.0. The predicted octanol–water partition coefficient (Wildman–Crippen LogP) is 4.46. The zero-order valence-electron chi connectivity index (χ0n) is 12.0. The number of hydrogen-bond acceptors (Lipinski definition) is 3. The number of thioether (sulfide) groups is 1. The molecular weight excluding hydrogens is 300 g/mol. The van der Waals surface area contributed by atoms with Crippen LogP contribution in [0.15, 0.2) is 35.5 Å². The molecule has 21 heavy (non-hydrogen) atoms. The molecule has 1 aliphatic heterocycles. The van der Waals surface area contributed by atoms with E-state index in [1.54, 1.807) is 0 Å². The Morgan fingerprint density at radius 3 is 3.00 bits per heavy atom. The van der Waals surface area contributed by atoms with Crippen molar-refractivity contribution < 1.29 is 0 Å². The van der Waals surface area contributed by atoms with Crippen molar-refractivity contribution in [3.63, 3.8) is 0 Å². The molecule has 0 N–H and O–H groups in total. The summed E-state index contributed by atoms with van der Waals surface area (Å²) in [4.78, 5) is 8.01. The van der Waals surface area contributed by atoms with Crippen LogP contribution in [0.25, 0.3) is 10.8 Å². The number of fused-ring (bicyclic) bond motifs is 1. The minimum absolute atomic E-state index is 0.681. The SMILES string of the molecule is Clc1cc2cnccc2cc1S[C@H]1CCN(CC2CC2)C1. The molecule has 1 aliphatic carbocycles. The monoisotopic (exact) mass is 318 g/mol. The molecule has 1 aromatic carbocycles. The van der Waals surface area contributed by atoms with E-state index < -0.39 is 0 Å². The van der Waals surface area contributed by atoms with Crippen LogP contribution in [-0.4, -0.2) is 34.8 Å². The van der Waals surface area contributed by atoms with Crippen LogP contribution in [0.1, 0.15) is 19.3 Å². The Hall–Kier alpha value is -0.770. The van der Waals surface area contributed by atoms with Gasteiger partial charge >= 0.3 is 0 Å². The number of aromatic nitrogens is 1. The third kappa shape index (κ3) is 3.20. The Morgan fingerprint density at radius 2 is 2.14 bits per heavy atom. The number of pyridine rings is 1. The Morgan fingerprint density at radius 1 is 1.24 bits per heavy atom. The maximum atomic E-state index is 6.45. The standard InChI is InChI=1S/C17H19ClN2S/c18-16-7-14-9-19-5-3-13(14)8-17(16)21-15-4-6-20(11-15)10-12-1-2-12/h3,5,7-9,12,15H,1-2,4,6,10-11H2/t15-/m0/s1. The first-order chi connectivity index (χ1) is 10.3. The van der Waals surface area contributed by atoms with Gasteiger partial charge in [-0.2, -0.15) is 0 Å². The highest BCUT2D eigenvalue weighted by Crippen LogP contribution is 2.38. The quantitative estimate of drug-likeness (QED) is 0.827. The maximum absolute atomic E-state index is 6.45. The molecule has 4 heteroatoms. The average molecular weight is 319 g/mol.